The molecule has 6 heteroatoms. The number of methoxy groups -OCH3 is 1. The van der Waals surface area contributed by atoms with Crippen LogP contribution >= 0.6 is 0 Å². The number of hydrogen-bond acceptors (Lipinski definition) is 6. The molecular formula is C19H26O6. The summed E-state index contributed by atoms with van der Waals surface area (Å²) >= 11 is 0. The van der Waals surface area contributed by atoms with Gasteiger partial charge in [-0.05, 0) is 31.3 Å². The Morgan fingerprint density at radius 1 is 1.36 bits per heavy atom. The third-order valence-electron chi connectivity index (χ3n) is 5.90. The summed E-state index contributed by atoms with van der Waals surface area (Å²) in [5, 5.41) is 0. The second kappa shape index (κ2) is 7.02. The van der Waals surface area contributed by atoms with E-state index in [1.54, 1.807) is 13.2 Å². The fraction of sp³-hybridized carbons (Fsp3) is 0.684. The van der Waals surface area contributed by atoms with Crippen molar-refractivity contribution < 1.29 is 28.5 Å². The Balaban J connectivity index is 1.88. The van der Waals surface area contributed by atoms with Crippen molar-refractivity contribution in [3.8, 4) is 0 Å². The molecule has 0 bridgehead atoms. The molecular weight excluding hydrogens is 324 g/mol. The van der Waals surface area contributed by atoms with Gasteiger partial charge in [-0.2, -0.15) is 0 Å². The summed E-state index contributed by atoms with van der Waals surface area (Å²) in [5.41, 5.74) is -0.360. The summed E-state index contributed by atoms with van der Waals surface area (Å²) in [4.78, 5) is 24.8. The van der Waals surface area contributed by atoms with Crippen molar-refractivity contribution in [1.29, 1.82) is 0 Å². The van der Waals surface area contributed by atoms with E-state index in [0.29, 0.717) is 25.2 Å². The number of carbonyl (C=O) groups excluding carboxylic acids is 2. The molecule has 3 aliphatic rings. The molecule has 0 N–H and O–H groups in total. The molecule has 0 aromatic carbocycles. The van der Waals surface area contributed by atoms with Gasteiger partial charge in [0.15, 0.2) is 5.78 Å². The first-order chi connectivity index (χ1) is 11.9. The Labute approximate surface area is 148 Å². The number of ketones is 1. The lowest BCUT2D eigenvalue weighted by Gasteiger charge is -2.39. The van der Waals surface area contributed by atoms with Gasteiger partial charge < -0.3 is 18.9 Å². The van der Waals surface area contributed by atoms with Crippen LogP contribution in [0.5, 0.6) is 0 Å². The molecule has 0 amide bonds. The van der Waals surface area contributed by atoms with E-state index in [1.165, 1.54) is 0 Å². The van der Waals surface area contributed by atoms with Gasteiger partial charge in [0, 0.05) is 12.7 Å². The number of esters is 1. The Morgan fingerprint density at radius 2 is 2.12 bits per heavy atom. The van der Waals surface area contributed by atoms with Crippen molar-refractivity contribution >= 4 is 11.8 Å². The van der Waals surface area contributed by atoms with Crippen molar-refractivity contribution in [3.05, 3.63) is 24.3 Å². The normalized spacial score (nSPS) is 40.0. The van der Waals surface area contributed by atoms with Crippen LogP contribution in [0.25, 0.3) is 0 Å². The van der Waals surface area contributed by atoms with Gasteiger partial charge in [0.05, 0.1) is 30.7 Å². The molecule has 1 saturated heterocycles. The van der Waals surface area contributed by atoms with Crippen LogP contribution in [0.2, 0.25) is 0 Å². The maximum atomic E-state index is 12.8. The molecule has 138 valence electrons. The van der Waals surface area contributed by atoms with Crippen LogP contribution in [0.3, 0.4) is 0 Å². The topological polar surface area (TPSA) is 71.1 Å². The average Bonchev–Trinajstić information content (AvgIpc) is 2.99. The molecule has 0 unspecified atom stereocenters. The Bertz CT molecular complexity index is 597. The molecule has 0 radical (unpaired) electrons. The van der Waals surface area contributed by atoms with Crippen molar-refractivity contribution in [3.63, 3.8) is 0 Å². The van der Waals surface area contributed by atoms with Gasteiger partial charge in [-0.25, -0.2) is 4.79 Å². The highest BCUT2D eigenvalue weighted by atomic mass is 16.7. The van der Waals surface area contributed by atoms with Gasteiger partial charge >= 0.3 is 5.97 Å². The molecule has 3 rings (SSSR count). The number of ether oxygens (including phenoxy) is 4. The zero-order chi connectivity index (χ0) is 18.2. The lowest BCUT2D eigenvalue weighted by atomic mass is 9.67. The summed E-state index contributed by atoms with van der Waals surface area (Å²) in [6.07, 6.45) is 3.49. The number of rotatable bonds is 6. The van der Waals surface area contributed by atoms with Gasteiger partial charge in [0.25, 0.3) is 0 Å². The summed E-state index contributed by atoms with van der Waals surface area (Å²) in [6, 6.07) is 0. The number of allylic oxidation sites excluding steroid dienone is 2. The standard InChI is InChI=1S/C19H26O6/c1-11-9-14-16(12(2)18(21)25-14)17(24-10-23-8-7-22-4)19(3)13(11)5-6-15(19)20/h5-6,11,13-14,16-17H,2,7-10H2,1,3-4H3/t11-,13+,14-,16-,17+,19+/m1/s1. The molecule has 0 spiro atoms. The van der Waals surface area contributed by atoms with E-state index in [2.05, 4.69) is 13.5 Å². The van der Waals surface area contributed by atoms with Crippen molar-refractivity contribution in [2.75, 3.05) is 27.1 Å². The molecule has 2 fully saturated rings. The highest BCUT2D eigenvalue weighted by molar-refractivity contribution is 5.99. The number of fused-ring (bicyclic) bond motifs is 2. The monoisotopic (exact) mass is 350 g/mol. The van der Waals surface area contributed by atoms with Crippen LogP contribution in [0.4, 0.5) is 0 Å². The Kier molecular flexibility index (Phi) is 5.14. The van der Waals surface area contributed by atoms with E-state index in [-0.39, 0.29) is 36.4 Å². The molecule has 6 atom stereocenters. The molecule has 2 aliphatic carbocycles. The predicted octanol–water partition coefficient (Wildman–Crippen LogP) is 1.89. The highest BCUT2D eigenvalue weighted by Crippen LogP contribution is 2.54. The molecule has 1 heterocycles. The number of carbonyl (C=O) groups is 2. The van der Waals surface area contributed by atoms with Gasteiger partial charge in [-0.1, -0.05) is 19.6 Å². The van der Waals surface area contributed by atoms with E-state index in [0.717, 1.165) is 0 Å². The van der Waals surface area contributed by atoms with Crippen LogP contribution in [0, 0.1) is 23.2 Å². The van der Waals surface area contributed by atoms with Gasteiger partial charge in [-0.15, -0.1) is 0 Å². The summed E-state index contributed by atoms with van der Waals surface area (Å²) in [7, 11) is 1.60. The minimum absolute atomic E-state index is 0.0269. The molecule has 1 aliphatic heterocycles. The van der Waals surface area contributed by atoms with E-state index < -0.39 is 17.5 Å². The average molecular weight is 350 g/mol. The maximum absolute atomic E-state index is 12.8. The van der Waals surface area contributed by atoms with Crippen molar-refractivity contribution in [2.45, 2.75) is 32.5 Å². The molecule has 0 aromatic rings. The maximum Gasteiger partial charge on any atom is 0.334 e. The first kappa shape index (κ1) is 18.3. The molecule has 0 aromatic heterocycles. The van der Waals surface area contributed by atoms with Crippen LogP contribution < -0.4 is 0 Å². The Hall–Kier alpha value is -1.50. The van der Waals surface area contributed by atoms with E-state index >= 15 is 0 Å². The Morgan fingerprint density at radius 3 is 2.84 bits per heavy atom. The lowest BCUT2D eigenvalue weighted by Crippen LogP contribution is -2.48. The highest BCUT2D eigenvalue weighted by Gasteiger charge is 2.60. The first-order valence-electron chi connectivity index (χ1n) is 8.72. The number of hydrogen-bond donors (Lipinski definition) is 0. The second-order valence-corrected chi connectivity index (χ2v) is 7.35. The van der Waals surface area contributed by atoms with E-state index in [9.17, 15) is 9.59 Å². The predicted molar refractivity (Wildman–Crippen MR) is 89.6 cm³/mol. The fourth-order valence-corrected chi connectivity index (χ4v) is 4.55. The van der Waals surface area contributed by atoms with Crippen LogP contribution in [0.15, 0.2) is 24.3 Å². The van der Waals surface area contributed by atoms with E-state index in [4.69, 9.17) is 18.9 Å². The summed E-state index contributed by atoms with van der Waals surface area (Å²) < 4.78 is 22.0. The van der Waals surface area contributed by atoms with Gasteiger partial charge in [0.1, 0.15) is 12.9 Å². The second-order valence-electron chi connectivity index (χ2n) is 7.35. The summed E-state index contributed by atoms with van der Waals surface area (Å²) in [6.45, 7) is 8.83. The summed E-state index contributed by atoms with van der Waals surface area (Å²) in [5.74, 6) is -0.460. The zero-order valence-corrected chi connectivity index (χ0v) is 15.0. The van der Waals surface area contributed by atoms with Crippen LogP contribution in [-0.2, 0) is 28.5 Å². The molecule has 6 nitrogen and oxygen atoms in total. The zero-order valence-electron chi connectivity index (χ0n) is 15.0. The molecule has 1 saturated carbocycles. The minimum atomic E-state index is -0.750. The van der Waals surface area contributed by atoms with Crippen LogP contribution in [0.1, 0.15) is 20.3 Å². The minimum Gasteiger partial charge on any atom is -0.458 e. The lowest BCUT2D eigenvalue weighted by molar-refractivity contribution is -0.165. The van der Waals surface area contributed by atoms with Crippen molar-refractivity contribution in [1.82, 2.24) is 0 Å². The van der Waals surface area contributed by atoms with Gasteiger partial charge in [-0.3, -0.25) is 4.79 Å². The van der Waals surface area contributed by atoms with E-state index in [1.807, 2.05) is 13.0 Å². The van der Waals surface area contributed by atoms with Crippen LogP contribution in [-0.4, -0.2) is 51.1 Å². The first-order valence-corrected chi connectivity index (χ1v) is 8.72. The SMILES string of the molecule is C=C1C(=O)O[C@@H]2C[C@@H](C)[C@@H]3C=CC(=O)[C@@]3(C)[C@@H](OCOCCOC)[C@H]12. The quantitative estimate of drug-likeness (QED) is 0.315. The van der Waals surface area contributed by atoms with Crippen molar-refractivity contribution in [2.24, 2.45) is 23.2 Å². The van der Waals surface area contributed by atoms with Gasteiger partial charge in [0.2, 0.25) is 0 Å². The largest absolute Gasteiger partial charge is 0.458 e. The molecule has 25 heavy (non-hydrogen) atoms. The third-order valence-corrected chi connectivity index (χ3v) is 5.90. The fourth-order valence-electron chi connectivity index (χ4n) is 4.55. The smallest absolute Gasteiger partial charge is 0.334 e. The third kappa shape index (κ3) is 2.96.